The largest absolute Gasteiger partial charge is 0.477 e. The number of β-lactam (4-membered cyclic amide) rings is 1. The van der Waals surface area contributed by atoms with Gasteiger partial charge in [-0.15, -0.1) is 11.8 Å². The maximum Gasteiger partial charge on any atom is 0.352 e. The van der Waals surface area contributed by atoms with E-state index in [1.807, 2.05) is 25.3 Å². The maximum absolute atomic E-state index is 13.0. The van der Waals surface area contributed by atoms with Crippen molar-refractivity contribution in [3.63, 3.8) is 0 Å². The molecule has 0 radical (unpaired) electrons. The second-order valence-electron chi connectivity index (χ2n) is 7.99. The number of carboxylic acids is 1. The SMILES string of the molecule is CON=C(C(=O)NC1C(=O)N2C(C(=O)O)=C(C[n+]3ccc4cc(C)oc4c3)CS[C@H]12)c1noc(N)n1. The number of oxime groups is 1. The number of anilines is 1. The highest BCUT2D eigenvalue weighted by Gasteiger charge is 2.55. The van der Waals surface area contributed by atoms with Gasteiger partial charge >= 0.3 is 12.0 Å². The van der Waals surface area contributed by atoms with E-state index in [2.05, 4.69) is 30.0 Å². The van der Waals surface area contributed by atoms with Crippen LogP contribution in [0.4, 0.5) is 6.01 Å². The molecule has 1 saturated heterocycles. The molecule has 2 atom stereocenters. The number of amides is 2. The minimum atomic E-state index is -1.23. The number of carbonyl (C=O) groups is 3. The molecule has 2 aliphatic heterocycles. The number of furan rings is 1. The van der Waals surface area contributed by atoms with Gasteiger partial charge in [-0.2, -0.15) is 9.55 Å². The van der Waals surface area contributed by atoms with Gasteiger partial charge < -0.3 is 29.9 Å². The summed E-state index contributed by atoms with van der Waals surface area (Å²) in [5.74, 6) is -1.72. The Balaban J connectivity index is 1.36. The van der Waals surface area contributed by atoms with E-state index in [1.165, 1.54) is 23.8 Å². The van der Waals surface area contributed by atoms with Crippen molar-refractivity contribution < 1.29 is 37.8 Å². The zero-order chi connectivity index (χ0) is 25.6. The topological polar surface area (TPSA) is 190 Å². The summed E-state index contributed by atoms with van der Waals surface area (Å²) in [6, 6.07) is 2.52. The Labute approximate surface area is 206 Å². The molecule has 36 heavy (non-hydrogen) atoms. The van der Waals surface area contributed by atoms with Crippen LogP contribution < -0.4 is 15.6 Å². The Bertz CT molecular complexity index is 1460. The van der Waals surface area contributed by atoms with Crippen molar-refractivity contribution in [3.05, 3.63) is 47.4 Å². The van der Waals surface area contributed by atoms with Gasteiger partial charge in [0.05, 0.1) is 0 Å². The number of hydrogen-bond acceptors (Lipinski definition) is 11. The van der Waals surface area contributed by atoms with Crippen molar-refractivity contribution in [2.75, 3.05) is 18.6 Å². The van der Waals surface area contributed by atoms with Crippen molar-refractivity contribution in [1.82, 2.24) is 20.4 Å². The number of pyridine rings is 1. The van der Waals surface area contributed by atoms with Gasteiger partial charge in [-0.1, -0.05) is 10.3 Å². The van der Waals surface area contributed by atoms with E-state index in [1.54, 1.807) is 10.8 Å². The van der Waals surface area contributed by atoms with Crippen molar-refractivity contribution in [2.24, 2.45) is 5.16 Å². The number of nitrogens with one attached hydrogen (secondary N) is 1. The van der Waals surface area contributed by atoms with Crippen LogP contribution in [0.1, 0.15) is 11.6 Å². The zero-order valence-corrected chi connectivity index (χ0v) is 19.8. The van der Waals surface area contributed by atoms with Gasteiger partial charge in [0.25, 0.3) is 11.8 Å². The average Bonchev–Trinajstić information content (AvgIpc) is 3.44. The number of nitrogens with two attached hydrogens (primary N) is 1. The van der Waals surface area contributed by atoms with Gasteiger partial charge in [0.1, 0.15) is 30.0 Å². The zero-order valence-electron chi connectivity index (χ0n) is 19.0. The van der Waals surface area contributed by atoms with Crippen LogP contribution in [0.5, 0.6) is 0 Å². The van der Waals surface area contributed by atoms with E-state index in [9.17, 15) is 19.5 Å². The van der Waals surface area contributed by atoms with E-state index in [4.69, 9.17) is 10.2 Å². The maximum atomic E-state index is 13.0. The first-order valence-corrected chi connectivity index (χ1v) is 11.6. The molecule has 14 nitrogen and oxygen atoms in total. The summed E-state index contributed by atoms with van der Waals surface area (Å²) in [7, 11) is 1.22. The van der Waals surface area contributed by atoms with Crippen LogP contribution in [0.15, 0.2) is 49.9 Å². The Morgan fingerprint density at radius 3 is 2.97 bits per heavy atom. The third-order valence-corrected chi connectivity index (χ3v) is 6.94. The van der Waals surface area contributed by atoms with Gasteiger partial charge in [-0.25, -0.2) is 4.79 Å². The molecule has 15 heteroatoms. The fourth-order valence-electron chi connectivity index (χ4n) is 4.09. The molecule has 2 amide bonds. The Hall–Kier alpha value is -4.40. The fraction of sp³-hybridized carbons (Fsp3) is 0.286. The summed E-state index contributed by atoms with van der Waals surface area (Å²) in [6.45, 7) is 2.10. The van der Waals surface area contributed by atoms with Crippen molar-refractivity contribution in [2.45, 2.75) is 24.9 Å². The molecule has 4 N–H and O–H groups in total. The second kappa shape index (κ2) is 8.99. The summed E-state index contributed by atoms with van der Waals surface area (Å²) in [6.07, 6.45) is 3.61. The van der Waals surface area contributed by atoms with E-state index < -0.39 is 29.2 Å². The number of aromatic nitrogens is 3. The van der Waals surface area contributed by atoms with Crippen LogP contribution in [-0.2, 0) is 25.8 Å². The highest BCUT2D eigenvalue weighted by atomic mass is 32.2. The highest BCUT2D eigenvalue weighted by Crippen LogP contribution is 2.40. The molecule has 0 aliphatic carbocycles. The molecule has 0 bridgehead atoms. The number of hydrogen-bond donors (Lipinski definition) is 3. The first-order chi connectivity index (χ1) is 17.3. The summed E-state index contributed by atoms with van der Waals surface area (Å²) in [4.78, 5) is 47.5. The van der Waals surface area contributed by atoms with Crippen LogP contribution >= 0.6 is 11.8 Å². The predicted octanol–water partition coefficient (Wildman–Crippen LogP) is -0.217. The first-order valence-electron chi connectivity index (χ1n) is 10.6. The van der Waals surface area contributed by atoms with Crippen LogP contribution in [0.2, 0.25) is 0 Å². The quantitative estimate of drug-likeness (QED) is 0.164. The van der Waals surface area contributed by atoms with Gasteiger partial charge in [0, 0.05) is 22.8 Å². The third-order valence-electron chi connectivity index (χ3n) is 5.60. The Morgan fingerprint density at radius 1 is 1.47 bits per heavy atom. The molecule has 1 unspecified atom stereocenters. The lowest BCUT2D eigenvalue weighted by Crippen LogP contribution is -2.71. The summed E-state index contributed by atoms with van der Waals surface area (Å²) in [5.41, 5.74) is 6.18. The summed E-state index contributed by atoms with van der Waals surface area (Å²) in [5, 5.41) is 19.9. The van der Waals surface area contributed by atoms with Gasteiger partial charge in [0.15, 0.2) is 18.3 Å². The molecule has 1 fully saturated rings. The molecular formula is C21H20N7O7S+. The van der Waals surface area contributed by atoms with Crippen LogP contribution in [0.25, 0.3) is 11.0 Å². The van der Waals surface area contributed by atoms with Crippen LogP contribution in [0, 0.1) is 6.92 Å². The molecule has 5 rings (SSSR count). The number of fused-ring (bicyclic) bond motifs is 2. The number of aliphatic carboxylic acids is 1. The van der Waals surface area contributed by atoms with Crippen molar-refractivity contribution in [1.29, 1.82) is 0 Å². The van der Waals surface area contributed by atoms with Crippen LogP contribution in [-0.4, -0.2) is 67.9 Å². The number of carbonyl (C=O) groups excluding carboxylic acids is 2. The third kappa shape index (κ3) is 4.02. The molecule has 0 spiro atoms. The molecule has 0 saturated carbocycles. The first kappa shape index (κ1) is 23.3. The van der Waals surface area contributed by atoms with E-state index in [-0.39, 0.29) is 29.8 Å². The lowest BCUT2D eigenvalue weighted by Gasteiger charge is -2.49. The van der Waals surface area contributed by atoms with Crippen molar-refractivity contribution in [3.8, 4) is 0 Å². The molecular weight excluding hydrogens is 494 g/mol. The lowest BCUT2D eigenvalue weighted by atomic mass is 10.0. The number of aryl methyl sites for hydroxylation is 1. The normalized spacial score (nSPS) is 19.8. The Kier molecular flexibility index (Phi) is 5.83. The molecule has 5 heterocycles. The number of rotatable bonds is 7. The number of nitrogen functional groups attached to an aromatic ring is 1. The lowest BCUT2D eigenvalue weighted by molar-refractivity contribution is -0.688. The predicted molar refractivity (Wildman–Crippen MR) is 123 cm³/mol. The van der Waals surface area contributed by atoms with Crippen molar-refractivity contribution >= 4 is 52.2 Å². The standard InChI is InChI=1S/C21H19N7O7S/c1-9-5-10-3-4-27(7-12(10)34-9)6-11-8-36-19-14(18(30)28(19)15(11)20(31)32)23-17(29)13(25-33-2)16-24-21(22)35-26-16/h3-5,7,14,19H,6,8H2,1-2H3,(H3-,22,23,24,26,29,31,32)/p+1/t14?,19-/m1/s1. The second-order valence-corrected chi connectivity index (χ2v) is 9.10. The molecule has 186 valence electrons. The molecule has 2 aliphatic rings. The van der Waals surface area contributed by atoms with Crippen LogP contribution in [0.3, 0.4) is 0 Å². The van der Waals surface area contributed by atoms with E-state index in [0.29, 0.717) is 16.9 Å². The summed E-state index contributed by atoms with van der Waals surface area (Å²) >= 11 is 1.34. The minimum Gasteiger partial charge on any atom is -0.477 e. The average molecular weight is 515 g/mol. The molecule has 0 aromatic carbocycles. The molecule has 3 aromatic rings. The number of thioether (sulfide) groups is 1. The smallest absolute Gasteiger partial charge is 0.352 e. The van der Waals surface area contributed by atoms with Gasteiger partial charge in [-0.3, -0.25) is 14.5 Å². The van der Waals surface area contributed by atoms with E-state index >= 15 is 0 Å². The molecule has 3 aromatic heterocycles. The Morgan fingerprint density at radius 2 is 2.28 bits per heavy atom. The number of carboxylic acid groups (broad SMARTS) is 1. The fourth-order valence-corrected chi connectivity index (χ4v) is 5.43. The number of nitrogens with zero attached hydrogens (tertiary/aromatic N) is 5. The minimum absolute atomic E-state index is 0.103. The highest BCUT2D eigenvalue weighted by molar-refractivity contribution is 8.00. The monoisotopic (exact) mass is 514 g/mol. The van der Waals surface area contributed by atoms with Gasteiger partial charge in [0.2, 0.25) is 17.7 Å². The van der Waals surface area contributed by atoms with E-state index in [0.717, 1.165) is 11.1 Å². The summed E-state index contributed by atoms with van der Waals surface area (Å²) < 4.78 is 12.1. The van der Waals surface area contributed by atoms with Gasteiger partial charge in [-0.05, 0) is 13.0 Å².